The summed E-state index contributed by atoms with van der Waals surface area (Å²) >= 11 is 3.38. The Labute approximate surface area is 143 Å². The van der Waals surface area contributed by atoms with Crippen molar-refractivity contribution in [2.24, 2.45) is 0 Å². The maximum atomic E-state index is 12.5. The molecule has 3 rings (SSSR count). The van der Waals surface area contributed by atoms with Gasteiger partial charge in [-0.25, -0.2) is 13.4 Å². The first-order valence-corrected chi connectivity index (χ1v) is 9.35. The predicted octanol–water partition coefficient (Wildman–Crippen LogP) is 2.61. The first kappa shape index (κ1) is 16.4. The number of anilines is 2. The van der Waals surface area contributed by atoms with Crippen LogP contribution in [-0.4, -0.2) is 44.0 Å². The lowest BCUT2D eigenvalue weighted by atomic mass is 10.3. The van der Waals surface area contributed by atoms with Gasteiger partial charge in [0, 0.05) is 29.4 Å². The van der Waals surface area contributed by atoms with Gasteiger partial charge in [-0.15, -0.1) is 0 Å². The molecule has 0 saturated carbocycles. The number of ether oxygens (including phenoxy) is 1. The minimum Gasteiger partial charge on any atom is -0.379 e. The van der Waals surface area contributed by atoms with E-state index in [1.165, 1.54) is 10.5 Å². The summed E-state index contributed by atoms with van der Waals surface area (Å²) in [5.74, 6) is 0.591. The molecule has 2 heterocycles. The molecule has 1 N–H and O–H groups in total. The van der Waals surface area contributed by atoms with Crippen LogP contribution in [0.5, 0.6) is 0 Å². The fourth-order valence-electron chi connectivity index (χ4n) is 2.22. The van der Waals surface area contributed by atoms with Gasteiger partial charge >= 0.3 is 0 Å². The third kappa shape index (κ3) is 3.89. The quantitative estimate of drug-likeness (QED) is 0.858. The number of morpholine rings is 1. The van der Waals surface area contributed by atoms with Crippen molar-refractivity contribution < 1.29 is 13.2 Å². The van der Waals surface area contributed by atoms with E-state index in [-0.39, 0.29) is 4.90 Å². The molecule has 0 bridgehead atoms. The van der Waals surface area contributed by atoms with Crippen LogP contribution in [0.2, 0.25) is 0 Å². The van der Waals surface area contributed by atoms with Crippen molar-refractivity contribution in [3.05, 3.63) is 47.1 Å². The van der Waals surface area contributed by atoms with E-state index in [9.17, 15) is 8.42 Å². The Kier molecular flexibility index (Phi) is 4.96. The molecule has 0 radical (unpaired) electrons. The van der Waals surface area contributed by atoms with Gasteiger partial charge in [0.05, 0.1) is 13.2 Å². The Balaban J connectivity index is 1.74. The molecule has 122 valence electrons. The largest absolute Gasteiger partial charge is 0.379 e. The van der Waals surface area contributed by atoms with Crippen molar-refractivity contribution >= 4 is 37.5 Å². The lowest BCUT2D eigenvalue weighted by Crippen LogP contribution is -2.40. The van der Waals surface area contributed by atoms with Crippen molar-refractivity contribution in [3.63, 3.8) is 0 Å². The minimum absolute atomic E-state index is 0.195. The molecule has 0 amide bonds. The van der Waals surface area contributed by atoms with Crippen molar-refractivity contribution in [2.75, 3.05) is 31.6 Å². The van der Waals surface area contributed by atoms with Crippen LogP contribution in [0.3, 0.4) is 0 Å². The lowest BCUT2D eigenvalue weighted by Gasteiger charge is -2.25. The highest BCUT2D eigenvalue weighted by atomic mass is 79.9. The standard InChI is InChI=1S/C15H16BrN3O3S/c16-12-1-3-13(4-2-12)18-15-6-5-14(11-17-15)23(20,21)19-7-9-22-10-8-19/h1-6,11H,7-10H2,(H,17,18). The third-order valence-corrected chi connectivity index (χ3v) is 5.87. The Morgan fingerprint density at radius 3 is 2.39 bits per heavy atom. The molecule has 1 aromatic heterocycles. The van der Waals surface area contributed by atoms with Gasteiger partial charge in [0.15, 0.2) is 0 Å². The predicted molar refractivity (Wildman–Crippen MR) is 91.2 cm³/mol. The number of halogens is 1. The van der Waals surface area contributed by atoms with Gasteiger partial charge < -0.3 is 10.1 Å². The van der Waals surface area contributed by atoms with Crippen LogP contribution < -0.4 is 5.32 Å². The highest BCUT2D eigenvalue weighted by molar-refractivity contribution is 9.10. The lowest BCUT2D eigenvalue weighted by molar-refractivity contribution is 0.0730. The van der Waals surface area contributed by atoms with E-state index in [0.717, 1.165) is 10.2 Å². The Hall–Kier alpha value is -1.48. The molecule has 0 atom stereocenters. The molecular formula is C15H16BrN3O3S. The zero-order valence-electron chi connectivity index (χ0n) is 12.3. The Bertz CT molecular complexity index is 758. The van der Waals surface area contributed by atoms with E-state index in [1.807, 2.05) is 24.3 Å². The summed E-state index contributed by atoms with van der Waals surface area (Å²) < 4.78 is 32.6. The molecule has 2 aromatic rings. The first-order chi connectivity index (χ1) is 11.1. The Morgan fingerprint density at radius 1 is 1.09 bits per heavy atom. The van der Waals surface area contributed by atoms with E-state index in [2.05, 4.69) is 26.2 Å². The second kappa shape index (κ2) is 6.96. The molecule has 1 saturated heterocycles. The molecule has 1 aliphatic heterocycles. The van der Waals surface area contributed by atoms with E-state index in [0.29, 0.717) is 32.1 Å². The highest BCUT2D eigenvalue weighted by Crippen LogP contribution is 2.20. The number of rotatable bonds is 4. The number of aromatic nitrogens is 1. The Morgan fingerprint density at radius 2 is 1.78 bits per heavy atom. The number of hydrogen-bond donors (Lipinski definition) is 1. The number of benzene rings is 1. The van der Waals surface area contributed by atoms with E-state index >= 15 is 0 Å². The smallest absolute Gasteiger partial charge is 0.244 e. The number of pyridine rings is 1. The average molecular weight is 398 g/mol. The second-order valence-electron chi connectivity index (χ2n) is 5.03. The van der Waals surface area contributed by atoms with Gasteiger partial charge in [-0.2, -0.15) is 4.31 Å². The van der Waals surface area contributed by atoms with Crippen LogP contribution >= 0.6 is 15.9 Å². The first-order valence-electron chi connectivity index (χ1n) is 7.12. The van der Waals surface area contributed by atoms with Gasteiger partial charge in [0.25, 0.3) is 0 Å². The monoisotopic (exact) mass is 397 g/mol. The molecule has 1 aromatic carbocycles. The van der Waals surface area contributed by atoms with E-state index in [1.54, 1.807) is 12.1 Å². The maximum absolute atomic E-state index is 12.5. The topological polar surface area (TPSA) is 71.5 Å². The fraction of sp³-hybridized carbons (Fsp3) is 0.267. The molecule has 23 heavy (non-hydrogen) atoms. The summed E-state index contributed by atoms with van der Waals surface area (Å²) in [7, 11) is -3.50. The average Bonchev–Trinajstić information content (AvgIpc) is 2.58. The van der Waals surface area contributed by atoms with Crippen LogP contribution in [-0.2, 0) is 14.8 Å². The zero-order valence-corrected chi connectivity index (χ0v) is 14.7. The van der Waals surface area contributed by atoms with Crippen LogP contribution in [0.15, 0.2) is 52.0 Å². The molecule has 1 aliphatic rings. The fourth-order valence-corrected chi connectivity index (χ4v) is 3.84. The number of sulfonamides is 1. The molecule has 1 fully saturated rings. The van der Waals surface area contributed by atoms with Crippen molar-refractivity contribution in [1.29, 1.82) is 0 Å². The number of hydrogen-bond acceptors (Lipinski definition) is 5. The van der Waals surface area contributed by atoms with Crippen molar-refractivity contribution in [1.82, 2.24) is 9.29 Å². The van der Waals surface area contributed by atoms with Crippen LogP contribution in [0, 0.1) is 0 Å². The van der Waals surface area contributed by atoms with Crippen LogP contribution in [0.25, 0.3) is 0 Å². The van der Waals surface area contributed by atoms with Crippen molar-refractivity contribution in [3.8, 4) is 0 Å². The number of nitrogens with zero attached hydrogens (tertiary/aromatic N) is 2. The maximum Gasteiger partial charge on any atom is 0.244 e. The molecule has 0 unspecified atom stereocenters. The number of nitrogens with one attached hydrogen (secondary N) is 1. The van der Waals surface area contributed by atoms with Crippen molar-refractivity contribution in [2.45, 2.75) is 4.90 Å². The van der Waals surface area contributed by atoms with Gasteiger partial charge in [0.1, 0.15) is 10.7 Å². The SMILES string of the molecule is O=S(=O)(c1ccc(Nc2ccc(Br)cc2)nc1)N1CCOCC1. The van der Waals surface area contributed by atoms with Crippen LogP contribution in [0.4, 0.5) is 11.5 Å². The summed E-state index contributed by atoms with van der Waals surface area (Å²) in [6.45, 7) is 1.61. The molecule has 8 heteroatoms. The summed E-state index contributed by atoms with van der Waals surface area (Å²) in [5, 5.41) is 3.13. The van der Waals surface area contributed by atoms with Crippen LogP contribution in [0.1, 0.15) is 0 Å². The van der Waals surface area contributed by atoms with Gasteiger partial charge in [-0.05, 0) is 36.4 Å². The minimum atomic E-state index is -3.50. The molecule has 0 spiro atoms. The van der Waals surface area contributed by atoms with Gasteiger partial charge in [-0.3, -0.25) is 0 Å². The van der Waals surface area contributed by atoms with E-state index < -0.39 is 10.0 Å². The summed E-state index contributed by atoms with van der Waals surface area (Å²) in [6.07, 6.45) is 1.38. The highest BCUT2D eigenvalue weighted by Gasteiger charge is 2.26. The van der Waals surface area contributed by atoms with E-state index in [4.69, 9.17) is 4.74 Å². The summed E-state index contributed by atoms with van der Waals surface area (Å²) in [4.78, 5) is 4.39. The molecular weight excluding hydrogens is 382 g/mol. The normalized spacial score (nSPS) is 16.2. The summed E-state index contributed by atoms with van der Waals surface area (Å²) in [5.41, 5.74) is 0.879. The summed E-state index contributed by atoms with van der Waals surface area (Å²) in [6, 6.07) is 10.9. The van der Waals surface area contributed by atoms with Gasteiger partial charge in [0.2, 0.25) is 10.0 Å². The third-order valence-electron chi connectivity index (χ3n) is 3.46. The zero-order chi connectivity index (χ0) is 16.3. The van der Waals surface area contributed by atoms with Gasteiger partial charge in [-0.1, -0.05) is 15.9 Å². The molecule has 0 aliphatic carbocycles. The molecule has 6 nitrogen and oxygen atoms in total. The second-order valence-corrected chi connectivity index (χ2v) is 7.88.